The average Bonchev–Trinajstić information content (AvgIpc) is 2.99. The van der Waals surface area contributed by atoms with Gasteiger partial charge in [0.15, 0.2) is 5.96 Å². The Morgan fingerprint density at radius 1 is 1.32 bits per heavy atom. The third kappa shape index (κ3) is 7.76. The zero-order valence-electron chi connectivity index (χ0n) is 16.8. The molecule has 1 aromatic carbocycles. The number of guanidine groups is 1. The van der Waals surface area contributed by atoms with E-state index in [-0.39, 0.29) is 48.0 Å². The van der Waals surface area contributed by atoms with Crippen LogP contribution in [0.3, 0.4) is 0 Å². The van der Waals surface area contributed by atoms with Crippen LogP contribution in [0.25, 0.3) is 0 Å². The smallest absolute Gasteiger partial charge is 0.242 e. The van der Waals surface area contributed by atoms with Gasteiger partial charge in [-0.2, -0.15) is 0 Å². The van der Waals surface area contributed by atoms with E-state index in [0.29, 0.717) is 31.3 Å². The monoisotopic (exact) mass is 509 g/mol. The van der Waals surface area contributed by atoms with E-state index >= 15 is 0 Å². The number of nitrogens with zero attached hydrogens (tertiary/aromatic N) is 2. The first-order valence-electron chi connectivity index (χ1n) is 9.24. The molecule has 0 aliphatic carbocycles. The molecule has 0 bridgehead atoms. The molecular weight excluding hydrogens is 479 g/mol. The quantitative estimate of drug-likeness (QED) is 0.325. The van der Waals surface area contributed by atoms with Gasteiger partial charge in [0.05, 0.1) is 5.69 Å². The van der Waals surface area contributed by atoms with Gasteiger partial charge in [-0.05, 0) is 46.2 Å². The lowest BCUT2D eigenvalue weighted by atomic mass is 10.1. The fourth-order valence-electron chi connectivity index (χ4n) is 2.96. The van der Waals surface area contributed by atoms with E-state index in [0.717, 1.165) is 12.5 Å². The lowest BCUT2D eigenvalue weighted by Gasteiger charge is -2.21. The molecule has 1 aromatic rings. The Labute approximate surface area is 182 Å². The van der Waals surface area contributed by atoms with E-state index in [1.807, 2.05) is 32.6 Å². The standard InChI is InChI=1S/C19H29F2N5O.HI/c1-5-22-18(23-11-17(27)25-19(2,3)4)24-14-8-9-26(12-14)16-7-6-13(20)10-15(16)21;/h6-7,10,14H,5,8-9,11-12H2,1-4H3,(H,25,27)(H2,22,23,24);1H. The highest BCUT2D eigenvalue weighted by Crippen LogP contribution is 2.24. The maximum absolute atomic E-state index is 14.0. The van der Waals surface area contributed by atoms with E-state index in [2.05, 4.69) is 20.9 Å². The van der Waals surface area contributed by atoms with Crippen LogP contribution in [0.15, 0.2) is 23.2 Å². The molecule has 0 spiro atoms. The molecule has 1 fully saturated rings. The molecule has 1 atom stereocenters. The summed E-state index contributed by atoms with van der Waals surface area (Å²) in [6.07, 6.45) is 0.787. The first-order valence-corrected chi connectivity index (χ1v) is 9.24. The Hall–Kier alpha value is -1.65. The van der Waals surface area contributed by atoms with E-state index < -0.39 is 11.6 Å². The fraction of sp³-hybridized carbons (Fsp3) is 0.579. The number of hydrogen-bond acceptors (Lipinski definition) is 3. The SMILES string of the molecule is CCNC(=NCC(=O)NC(C)(C)C)NC1CCN(c2ccc(F)cc2F)C1.I. The third-order valence-electron chi connectivity index (χ3n) is 4.02. The maximum Gasteiger partial charge on any atom is 0.242 e. The summed E-state index contributed by atoms with van der Waals surface area (Å²) in [6.45, 7) is 9.61. The molecule has 3 N–H and O–H groups in total. The largest absolute Gasteiger partial charge is 0.367 e. The Morgan fingerprint density at radius 3 is 2.64 bits per heavy atom. The summed E-state index contributed by atoms with van der Waals surface area (Å²) in [6, 6.07) is 3.68. The van der Waals surface area contributed by atoms with Gasteiger partial charge in [-0.25, -0.2) is 13.8 Å². The molecule has 0 aromatic heterocycles. The van der Waals surface area contributed by atoms with Gasteiger partial charge in [0, 0.05) is 37.3 Å². The van der Waals surface area contributed by atoms with Crippen molar-refractivity contribution in [3.63, 3.8) is 0 Å². The number of rotatable bonds is 5. The van der Waals surface area contributed by atoms with Crippen LogP contribution in [0.4, 0.5) is 14.5 Å². The fourth-order valence-corrected chi connectivity index (χ4v) is 2.96. The Kier molecular flexibility index (Phi) is 9.38. The Balaban J connectivity index is 0.00000392. The lowest BCUT2D eigenvalue weighted by Crippen LogP contribution is -2.46. The molecule has 1 amide bonds. The van der Waals surface area contributed by atoms with Crippen molar-refractivity contribution in [2.24, 2.45) is 4.99 Å². The van der Waals surface area contributed by atoms with Gasteiger partial charge in [-0.15, -0.1) is 24.0 Å². The molecule has 9 heteroatoms. The molecule has 1 heterocycles. The number of anilines is 1. The summed E-state index contributed by atoms with van der Waals surface area (Å²) < 4.78 is 27.1. The highest BCUT2D eigenvalue weighted by molar-refractivity contribution is 14.0. The van der Waals surface area contributed by atoms with Gasteiger partial charge in [0.1, 0.15) is 18.2 Å². The second-order valence-corrected chi connectivity index (χ2v) is 7.67. The van der Waals surface area contributed by atoms with E-state index in [4.69, 9.17) is 0 Å². The van der Waals surface area contributed by atoms with Crippen molar-refractivity contribution in [1.29, 1.82) is 0 Å². The van der Waals surface area contributed by atoms with Gasteiger partial charge >= 0.3 is 0 Å². The molecule has 0 radical (unpaired) electrons. The zero-order valence-corrected chi connectivity index (χ0v) is 19.1. The summed E-state index contributed by atoms with van der Waals surface area (Å²) in [4.78, 5) is 18.2. The predicted octanol–water partition coefficient (Wildman–Crippen LogP) is 2.63. The van der Waals surface area contributed by atoms with Crippen LogP contribution in [-0.4, -0.2) is 49.6 Å². The number of halogens is 3. The lowest BCUT2D eigenvalue weighted by molar-refractivity contribution is -0.121. The number of carbonyl (C=O) groups excluding carboxylic acids is 1. The Bertz CT molecular complexity index is 693. The summed E-state index contributed by atoms with van der Waals surface area (Å²) in [5.74, 6) is -0.746. The van der Waals surface area contributed by atoms with Gasteiger partial charge in [-0.3, -0.25) is 4.79 Å². The normalized spacial score (nSPS) is 17.1. The summed E-state index contributed by atoms with van der Waals surface area (Å²) in [5, 5.41) is 9.27. The molecule has 2 rings (SSSR count). The molecule has 158 valence electrons. The summed E-state index contributed by atoms with van der Waals surface area (Å²) in [5.41, 5.74) is 0.0935. The number of nitrogens with one attached hydrogen (secondary N) is 3. The van der Waals surface area contributed by atoms with Crippen LogP contribution in [0.2, 0.25) is 0 Å². The van der Waals surface area contributed by atoms with Gasteiger partial charge in [0.2, 0.25) is 5.91 Å². The zero-order chi connectivity index (χ0) is 20.0. The van der Waals surface area contributed by atoms with Crippen molar-refractivity contribution < 1.29 is 13.6 Å². The first kappa shape index (κ1) is 24.4. The molecule has 28 heavy (non-hydrogen) atoms. The van der Waals surface area contributed by atoms with Crippen LogP contribution < -0.4 is 20.9 Å². The minimum atomic E-state index is -0.583. The third-order valence-corrected chi connectivity index (χ3v) is 4.02. The Morgan fingerprint density at radius 2 is 2.04 bits per heavy atom. The number of hydrogen-bond donors (Lipinski definition) is 3. The number of carbonyl (C=O) groups is 1. The second-order valence-electron chi connectivity index (χ2n) is 7.67. The molecule has 1 aliphatic heterocycles. The number of aliphatic imine (C=N–C) groups is 1. The van der Waals surface area contributed by atoms with E-state index in [1.165, 1.54) is 12.1 Å². The number of benzene rings is 1. The van der Waals surface area contributed by atoms with Crippen molar-refractivity contribution in [2.75, 3.05) is 31.1 Å². The molecule has 1 unspecified atom stereocenters. The summed E-state index contributed by atoms with van der Waals surface area (Å²) >= 11 is 0. The molecular formula is C19H30F2IN5O. The van der Waals surface area contributed by atoms with Gasteiger partial charge in [0.25, 0.3) is 0 Å². The summed E-state index contributed by atoms with van der Waals surface area (Å²) in [7, 11) is 0. The second kappa shape index (κ2) is 10.8. The van der Waals surface area contributed by atoms with Crippen LogP contribution in [0.1, 0.15) is 34.1 Å². The highest BCUT2D eigenvalue weighted by Gasteiger charge is 2.25. The maximum atomic E-state index is 14.0. The molecule has 1 saturated heterocycles. The minimum absolute atomic E-state index is 0. The molecule has 6 nitrogen and oxygen atoms in total. The number of amides is 1. The van der Waals surface area contributed by atoms with E-state index in [1.54, 1.807) is 0 Å². The van der Waals surface area contributed by atoms with Crippen molar-refractivity contribution in [3.8, 4) is 0 Å². The highest BCUT2D eigenvalue weighted by atomic mass is 127. The topological polar surface area (TPSA) is 68.8 Å². The van der Waals surface area contributed by atoms with Crippen LogP contribution >= 0.6 is 24.0 Å². The first-order chi connectivity index (χ1) is 12.7. The molecule has 1 aliphatic rings. The van der Waals surface area contributed by atoms with Crippen molar-refractivity contribution in [2.45, 2.75) is 45.7 Å². The van der Waals surface area contributed by atoms with Crippen molar-refractivity contribution in [1.82, 2.24) is 16.0 Å². The van der Waals surface area contributed by atoms with E-state index in [9.17, 15) is 13.6 Å². The van der Waals surface area contributed by atoms with Crippen LogP contribution in [0.5, 0.6) is 0 Å². The van der Waals surface area contributed by atoms with Crippen molar-refractivity contribution >= 4 is 41.5 Å². The van der Waals surface area contributed by atoms with Crippen molar-refractivity contribution in [3.05, 3.63) is 29.8 Å². The van der Waals surface area contributed by atoms with Crippen LogP contribution in [-0.2, 0) is 4.79 Å². The average molecular weight is 509 g/mol. The minimum Gasteiger partial charge on any atom is -0.367 e. The predicted molar refractivity (Wildman–Crippen MR) is 119 cm³/mol. The molecule has 0 saturated carbocycles. The van der Waals surface area contributed by atoms with Gasteiger partial charge in [-0.1, -0.05) is 0 Å². The van der Waals surface area contributed by atoms with Gasteiger partial charge < -0.3 is 20.9 Å². The van der Waals surface area contributed by atoms with Crippen LogP contribution in [0, 0.1) is 11.6 Å².